The van der Waals surface area contributed by atoms with Gasteiger partial charge in [0.2, 0.25) is 0 Å². The van der Waals surface area contributed by atoms with E-state index in [0.29, 0.717) is 5.47 Å². The Balaban J connectivity index is 2.46. The summed E-state index contributed by atoms with van der Waals surface area (Å²) >= 11 is 0. The maximum atomic E-state index is 12.7. The van der Waals surface area contributed by atoms with Crippen molar-refractivity contribution in [2.24, 2.45) is 0 Å². The highest BCUT2D eigenvalue weighted by Gasteiger charge is 2.52. The quantitative estimate of drug-likeness (QED) is 0.555. The molecule has 0 aromatic heterocycles. The van der Waals surface area contributed by atoms with Crippen LogP contribution >= 0.6 is 0 Å². The van der Waals surface area contributed by atoms with Crippen molar-refractivity contribution < 1.29 is 46.6 Å². The van der Waals surface area contributed by atoms with Gasteiger partial charge in [-0.1, -0.05) is 6.08 Å². The molecule has 0 spiro atoms. The minimum Gasteiger partial charge on any atom is -0.478 e. The monoisotopic (exact) mass is 487 g/mol. The number of benzene rings is 1. The second kappa shape index (κ2) is 9.49. The lowest BCUT2D eigenvalue weighted by molar-refractivity contribution is -0.274. The molecule has 1 aliphatic heterocycles. The molecule has 2 N–H and O–H groups in total. The third kappa shape index (κ3) is 7.66. The van der Waals surface area contributed by atoms with Gasteiger partial charge in [0.25, 0.3) is 0 Å². The van der Waals surface area contributed by atoms with Gasteiger partial charge < -0.3 is 29.2 Å². The Morgan fingerprint density at radius 3 is 2.12 bits per heavy atom. The zero-order chi connectivity index (χ0) is 26.1. The zero-order valence-corrected chi connectivity index (χ0v) is 20.1. The van der Waals surface area contributed by atoms with Crippen LogP contribution in [-0.4, -0.2) is 54.0 Å². The number of carboxylic acid groups (broad SMARTS) is 1. The van der Waals surface area contributed by atoms with Crippen LogP contribution in [0.5, 0.6) is 5.75 Å². The van der Waals surface area contributed by atoms with Crippen LogP contribution in [0.15, 0.2) is 23.7 Å². The number of carboxylic acids is 1. The summed E-state index contributed by atoms with van der Waals surface area (Å²) in [5.41, 5.74) is -2.24. The molecular formula is C22H29BF3NO7. The van der Waals surface area contributed by atoms with Gasteiger partial charge in [-0.3, -0.25) is 0 Å². The second-order valence-corrected chi connectivity index (χ2v) is 9.81. The van der Waals surface area contributed by atoms with E-state index in [-0.39, 0.29) is 12.1 Å². The molecule has 0 aliphatic carbocycles. The largest absolute Gasteiger partial charge is 0.573 e. The fraction of sp³-hybridized carbons (Fsp3) is 0.545. The Morgan fingerprint density at radius 1 is 1.09 bits per heavy atom. The molecule has 1 heterocycles. The Labute approximate surface area is 196 Å². The molecule has 1 saturated heterocycles. The van der Waals surface area contributed by atoms with Crippen molar-refractivity contribution in [3.05, 3.63) is 34.8 Å². The van der Waals surface area contributed by atoms with Gasteiger partial charge in [0, 0.05) is 6.54 Å². The van der Waals surface area contributed by atoms with Crippen LogP contribution in [-0.2, 0) is 14.0 Å². The summed E-state index contributed by atoms with van der Waals surface area (Å²) in [6.45, 7) is 12.2. The van der Waals surface area contributed by atoms with Crippen molar-refractivity contribution in [2.45, 2.75) is 71.6 Å². The molecule has 34 heavy (non-hydrogen) atoms. The maximum Gasteiger partial charge on any atom is 0.573 e. The summed E-state index contributed by atoms with van der Waals surface area (Å²) < 4.78 is 59.4. The van der Waals surface area contributed by atoms with E-state index in [1.807, 2.05) is 27.7 Å². The van der Waals surface area contributed by atoms with Gasteiger partial charge in [0.05, 0.1) is 16.8 Å². The van der Waals surface area contributed by atoms with E-state index < -0.39 is 53.7 Å². The van der Waals surface area contributed by atoms with Crippen molar-refractivity contribution in [1.29, 1.82) is 0 Å². The fourth-order valence-electron chi connectivity index (χ4n) is 2.92. The van der Waals surface area contributed by atoms with Crippen molar-refractivity contribution in [3.63, 3.8) is 0 Å². The number of rotatable bonds is 6. The maximum absolute atomic E-state index is 12.7. The van der Waals surface area contributed by atoms with E-state index in [2.05, 4.69) is 10.1 Å². The van der Waals surface area contributed by atoms with Crippen molar-refractivity contribution in [3.8, 4) is 5.75 Å². The lowest BCUT2D eigenvalue weighted by Gasteiger charge is -2.32. The number of carbonyl (C=O) groups is 2. The number of ether oxygens (including phenoxy) is 2. The molecule has 188 valence electrons. The van der Waals surface area contributed by atoms with Crippen LogP contribution in [0.2, 0.25) is 0 Å². The first-order valence-corrected chi connectivity index (χ1v) is 10.5. The van der Waals surface area contributed by atoms with E-state index in [0.717, 1.165) is 12.1 Å². The van der Waals surface area contributed by atoms with Gasteiger partial charge >= 0.3 is 25.5 Å². The lowest BCUT2D eigenvalue weighted by Crippen LogP contribution is -2.41. The van der Waals surface area contributed by atoms with E-state index in [1.54, 1.807) is 20.8 Å². The molecule has 0 atom stereocenters. The summed E-state index contributed by atoms with van der Waals surface area (Å²) in [7, 11) is -0.972. The number of alkyl carbamates (subject to hydrolysis) is 1. The highest BCUT2D eigenvalue weighted by molar-refractivity contribution is 6.56. The van der Waals surface area contributed by atoms with Gasteiger partial charge in [-0.05, 0) is 77.7 Å². The van der Waals surface area contributed by atoms with Crippen LogP contribution in [0.1, 0.15) is 64.4 Å². The molecule has 0 saturated carbocycles. The van der Waals surface area contributed by atoms with Crippen molar-refractivity contribution >= 4 is 25.3 Å². The van der Waals surface area contributed by atoms with Gasteiger partial charge in [-0.25, -0.2) is 9.59 Å². The number of carbonyl (C=O) groups excluding carboxylic acids is 1. The minimum atomic E-state index is -5.01. The number of halogens is 3. The van der Waals surface area contributed by atoms with E-state index >= 15 is 0 Å². The number of nitrogens with one attached hydrogen (secondary N) is 1. The molecule has 8 nitrogen and oxygen atoms in total. The Hall–Kier alpha value is -2.73. The molecular weight excluding hydrogens is 458 g/mol. The molecule has 1 aromatic carbocycles. The number of amides is 1. The predicted octanol–water partition coefficient (Wildman–Crippen LogP) is 4.82. The normalized spacial score (nSPS) is 17.9. The van der Waals surface area contributed by atoms with Crippen LogP contribution in [0.25, 0.3) is 6.08 Å². The summed E-state index contributed by atoms with van der Waals surface area (Å²) in [4.78, 5) is 23.6. The fourth-order valence-corrected chi connectivity index (χ4v) is 2.92. The average molecular weight is 487 g/mol. The average Bonchev–Trinajstić information content (AvgIpc) is 2.82. The summed E-state index contributed by atoms with van der Waals surface area (Å²) in [5.74, 6) is -2.14. The molecule has 1 aliphatic rings. The van der Waals surface area contributed by atoms with Gasteiger partial charge in [-0.2, -0.15) is 0 Å². The van der Waals surface area contributed by atoms with Gasteiger partial charge in [-0.15, -0.1) is 13.2 Å². The zero-order valence-electron chi connectivity index (χ0n) is 20.1. The van der Waals surface area contributed by atoms with Crippen LogP contribution in [0.4, 0.5) is 18.0 Å². The topological polar surface area (TPSA) is 103 Å². The minimum absolute atomic E-state index is 0.0786. The number of hydrogen-bond donors (Lipinski definition) is 2. The van der Waals surface area contributed by atoms with Crippen molar-refractivity contribution in [2.75, 3.05) is 6.54 Å². The molecule has 0 radical (unpaired) electrons. The lowest BCUT2D eigenvalue weighted by atomic mass is 9.77. The molecule has 2 rings (SSSR count). The molecule has 1 amide bonds. The molecule has 0 unspecified atom stereocenters. The Kier molecular flexibility index (Phi) is 7.68. The van der Waals surface area contributed by atoms with E-state index in [1.165, 1.54) is 12.1 Å². The summed E-state index contributed by atoms with van der Waals surface area (Å²) in [6, 6.07) is 2.96. The van der Waals surface area contributed by atoms with E-state index in [9.17, 15) is 27.9 Å². The standard InChI is InChI=1S/C22H29BF3NO7/c1-19(2,3)32-18(30)27-12-15(23-33-20(4,5)21(6,7)34-23)9-13-8-14(17(28)29)11-16(10-13)31-22(24,25)26/h8-11H,12H2,1-7H3,(H,27,30)(H,28,29). The van der Waals surface area contributed by atoms with Crippen LogP contribution in [0.3, 0.4) is 0 Å². The smallest absolute Gasteiger partial charge is 0.478 e. The number of hydrogen-bond acceptors (Lipinski definition) is 6. The number of alkyl halides is 3. The Bertz CT molecular complexity index is 952. The molecule has 1 aromatic rings. The third-order valence-electron chi connectivity index (χ3n) is 5.15. The summed E-state index contributed by atoms with van der Waals surface area (Å²) in [5, 5.41) is 11.9. The molecule has 0 bridgehead atoms. The highest BCUT2D eigenvalue weighted by Crippen LogP contribution is 2.39. The first-order valence-electron chi connectivity index (χ1n) is 10.5. The SMILES string of the molecule is CC(C)(C)OC(=O)NCC(=Cc1cc(OC(F)(F)F)cc(C(=O)O)c1)B1OC(C)(C)C(C)(C)O1. The second-order valence-electron chi connectivity index (χ2n) is 9.81. The third-order valence-corrected chi connectivity index (χ3v) is 5.15. The predicted molar refractivity (Wildman–Crippen MR) is 118 cm³/mol. The van der Waals surface area contributed by atoms with Crippen LogP contribution < -0.4 is 10.1 Å². The van der Waals surface area contributed by atoms with Gasteiger partial charge in [0.15, 0.2) is 0 Å². The summed E-state index contributed by atoms with van der Waals surface area (Å²) in [6.07, 6.45) is -4.35. The molecule has 12 heteroatoms. The highest BCUT2D eigenvalue weighted by atomic mass is 19.4. The molecule has 1 fully saturated rings. The number of aromatic carboxylic acids is 1. The first kappa shape index (κ1) is 27.5. The van der Waals surface area contributed by atoms with Crippen LogP contribution in [0, 0.1) is 0 Å². The van der Waals surface area contributed by atoms with Crippen molar-refractivity contribution in [1.82, 2.24) is 5.32 Å². The van der Waals surface area contributed by atoms with Gasteiger partial charge in [0.1, 0.15) is 11.4 Å². The first-order chi connectivity index (χ1) is 15.3. The van der Waals surface area contributed by atoms with E-state index in [4.69, 9.17) is 14.0 Å². The Morgan fingerprint density at radius 2 is 1.65 bits per heavy atom.